The first kappa shape index (κ1) is 29.9. The van der Waals surface area contributed by atoms with Gasteiger partial charge in [-0.1, -0.05) is 29.3 Å². The number of fused-ring (bicyclic) bond motifs is 4. The largest absolute Gasteiger partial charge is 0.508 e. The van der Waals surface area contributed by atoms with Crippen molar-refractivity contribution in [2.45, 2.75) is 46.6 Å². The van der Waals surface area contributed by atoms with E-state index >= 15 is 0 Å². The normalized spacial score (nSPS) is 14.9. The number of hydrogen-bond acceptors (Lipinski definition) is 4. The van der Waals surface area contributed by atoms with E-state index in [9.17, 15) is 19.8 Å². The van der Waals surface area contributed by atoms with Crippen molar-refractivity contribution in [1.82, 2.24) is 9.13 Å². The number of phenols is 1. The minimum atomic E-state index is -1.09. The highest BCUT2D eigenvalue weighted by Crippen LogP contribution is 2.42. The van der Waals surface area contributed by atoms with E-state index in [1.165, 1.54) is 16.7 Å². The fourth-order valence-corrected chi connectivity index (χ4v) is 6.82. The van der Waals surface area contributed by atoms with E-state index < -0.39 is 5.97 Å². The monoisotopic (exact) mass is 633 g/mol. The molecule has 0 spiro atoms. The Morgan fingerprint density at radius 2 is 1.75 bits per heavy atom. The number of anilines is 1. The topological polar surface area (TPSA) is 96.9 Å². The van der Waals surface area contributed by atoms with Gasteiger partial charge in [-0.15, -0.1) is 0 Å². The average Bonchev–Trinajstić information content (AvgIpc) is 3.49. The summed E-state index contributed by atoms with van der Waals surface area (Å²) in [4.78, 5) is 28.1. The van der Waals surface area contributed by atoms with Crippen LogP contribution in [0.4, 0.5) is 5.69 Å². The molecule has 8 nitrogen and oxygen atoms in total. The Morgan fingerprint density at radius 1 is 1.05 bits per heavy atom. The molecular formula is C34H33Cl2N3O5. The van der Waals surface area contributed by atoms with Gasteiger partial charge in [-0.25, -0.2) is 4.79 Å². The number of carboxylic acid groups (broad SMARTS) is 1. The standard InChI is InChI=1S/C34H33Cl2N3O5/c1-17-11-22(12-18(2)30(17)36)44-10-6-7-23-24-8-9-26(35)20(4)31(24)39-19(3)16-38(33(41)32(23)39)28-14-21(40)13-27-25(28)15-29(34(42)43)37(27)5/h8-9,11-15,19,40H,6-7,10,16H2,1-5H3,(H,42,43)/t19-/m1/s1. The highest BCUT2D eigenvalue weighted by molar-refractivity contribution is 6.32. The predicted molar refractivity (Wildman–Crippen MR) is 174 cm³/mol. The Labute approximate surface area is 265 Å². The molecule has 1 atom stereocenters. The summed E-state index contributed by atoms with van der Waals surface area (Å²) in [7, 11) is 1.63. The van der Waals surface area contributed by atoms with Gasteiger partial charge in [-0.3, -0.25) is 4.79 Å². The van der Waals surface area contributed by atoms with Gasteiger partial charge in [0.05, 0.1) is 23.3 Å². The number of aryl methyl sites for hydroxylation is 5. The Bertz CT molecular complexity index is 1990. The SMILES string of the molecule is Cc1cc(OCCCc2c3n(c4c(C)c(Cl)ccc24)[C@H](C)CN(c2cc(O)cc4c2cc(C(=O)O)n4C)C3=O)cc(C)c1Cl. The summed E-state index contributed by atoms with van der Waals surface area (Å²) in [5.74, 6) is -0.608. The first-order valence-electron chi connectivity index (χ1n) is 14.5. The zero-order valence-electron chi connectivity index (χ0n) is 25.2. The van der Waals surface area contributed by atoms with Crippen molar-refractivity contribution in [3.05, 3.63) is 86.2 Å². The average molecular weight is 635 g/mol. The van der Waals surface area contributed by atoms with E-state index in [2.05, 4.69) is 11.5 Å². The summed E-state index contributed by atoms with van der Waals surface area (Å²) in [6.45, 7) is 8.69. The van der Waals surface area contributed by atoms with Crippen LogP contribution >= 0.6 is 23.2 Å². The molecule has 0 fully saturated rings. The van der Waals surface area contributed by atoms with Gasteiger partial charge >= 0.3 is 5.97 Å². The number of benzene rings is 3. The Morgan fingerprint density at radius 3 is 2.43 bits per heavy atom. The second-order valence-corrected chi connectivity index (χ2v) is 12.4. The van der Waals surface area contributed by atoms with Crippen LogP contribution in [0.25, 0.3) is 21.8 Å². The van der Waals surface area contributed by atoms with Crippen LogP contribution in [0.1, 0.15) is 62.6 Å². The lowest BCUT2D eigenvalue weighted by Gasteiger charge is -2.34. The maximum absolute atomic E-state index is 14.5. The van der Waals surface area contributed by atoms with E-state index in [0.717, 1.165) is 43.9 Å². The van der Waals surface area contributed by atoms with Crippen molar-refractivity contribution < 1.29 is 24.5 Å². The highest BCUT2D eigenvalue weighted by Gasteiger charge is 2.36. The number of aromatic nitrogens is 2. The predicted octanol–water partition coefficient (Wildman–Crippen LogP) is 8.00. The molecule has 228 valence electrons. The van der Waals surface area contributed by atoms with Crippen LogP contribution in [0.15, 0.2) is 42.5 Å². The van der Waals surface area contributed by atoms with E-state index in [1.807, 2.05) is 45.0 Å². The molecule has 44 heavy (non-hydrogen) atoms. The number of halogens is 2. The van der Waals surface area contributed by atoms with Crippen LogP contribution in [0, 0.1) is 20.8 Å². The molecule has 2 N–H and O–H groups in total. The molecule has 1 aliphatic heterocycles. The first-order valence-corrected chi connectivity index (χ1v) is 15.2. The van der Waals surface area contributed by atoms with Crippen molar-refractivity contribution in [1.29, 1.82) is 0 Å². The highest BCUT2D eigenvalue weighted by atomic mass is 35.5. The lowest BCUT2D eigenvalue weighted by molar-refractivity contribution is 0.0686. The molecule has 3 heterocycles. The number of aromatic carboxylic acids is 1. The van der Waals surface area contributed by atoms with E-state index in [-0.39, 0.29) is 23.4 Å². The number of ether oxygens (including phenoxy) is 1. The molecule has 1 aliphatic rings. The van der Waals surface area contributed by atoms with Crippen LogP contribution in [0.5, 0.6) is 11.5 Å². The number of amides is 1. The molecule has 0 radical (unpaired) electrons. The van der Waals surface area contributed by atoms with Crippen LogP contribution < -0.4 is 9.64 Å². The van der Waals surface area contributed by atoms with Gasteiger partial charge in [0.1, 0.15) is 22.9 Å². The molecule has 1 amide bonds. The van der Waals surface area contributed by atoms with Crippen molar-refractivity contribution in [2.75, 3.05) is 18.1 Å². The van der Waals surface area contributed by atoms with Gasteiger partial charge in [0.15, 0.2) is 0 Å². The molecule has 10 heteroatoms. The smallest absolute Gasteiger partial charge is 0.352 e. The zero-order chi connectivity index (χ0) is 31.6. The number of aromatic hydroxyl groups is 1. The molecular weight excluding hydrogens is 601 g/mol. The number of carbonyl (C=O) groups is 2. The fraction of sp³-hybridized carbons (Fsp3) is 0.294. The lowest BCUT2D eigenvalue weighted by atomic mass is 10.0. The third-order valence-electron chi connectivity index (χ3n) is 8.68. The quantitative estimate of drug-likeness (QED) is 0.177. The van der Waals surface area contributed by atoms with Crippen LogP contribution in [0.2, 0.25) is 10.0 Å². The van der Waals surface area contributed by atoms with E-state index in [1.54, 1.807) is 18.0 Å². The molecule has 3 aromatic carbocycles. The summed E-state index contributed by atoms with van der Waals surface area (Å²) in [6, 6.07) is 12.2. The Hall–Kier alpha value is -4.14. The summed E-state index contributed by atoms with van der Waals surface area (Å²) in [5.41, 5.74) is 6.27. The fourth-order valence-electron chi connectivity index (χ4n) is 6.56. The molecule has 6 rings (SSSR count). The molecule has 5 aromatic rings. The first-order chi connectivity index (χ1) is 20.9. The number of hydrogen-bond donors (Lipinski definition) is 2. The van der Waals surface area contributed by atoms with Gasteiger partial charge in [0.2, 0.25) is 0 Å². The van der Waals surface area contributed by atoms with Crippen molar-refractivity contribution in [3.63, 3.8) is 0 Å². The number of phenolic OH excluding ortho intramolecular Hbond substituents is 1. The summed E-state index contributed by atoms with van der Waals surface area (Å²) in [5, 5.41) is 23.3. The number of rotatable bonds is 7. The van der Waals surface area contributed by atoms with Crippen LogP contribution in [-0.2, 0) is 13.5 Å². The molecule has 0 bridgehead atoms. The number of carbonyl (C=O) groups excluding carboxylic acids is 1. The van der Waals surface area contributed by atoms with Gasteiger partial charge in [0.25, 0.3) is 5.91 Å². The summed E-state index contributed by atoms with van der Waals surface area (Å²) < 4.78 is 9.69. The second-order valence-electron chi connectivity index (χ2n) is 11.6. The number of carboxylic acids is 1. The van der Waals surface area contributed by atoms with Crippen LogP contribution in [-0.4, -0.2) is 44.4 Å². The van der Waals surface area contributed by atoms with Crippen molar-refractivity contribution >= 4 is 62.6 Å². The van der Waals surface area contributed by atoms with Crippen LogP contribution in [0.3, 0.4) is 0 Å². The van der Waals surface area contributed by atoms with E-state index in [4.69, 9.17) is 27.9 Å². The maximum Gasteiger partial charge on any atom is 0.352 e. The lowest BCUT2D eigenvalue weighted by Crippen LogP contribution is -2.42. The third-order valence-corrected chi connectivity index (χ3v) is 9.68. The molecule has 0 saturated carbocycles. The molecule has 0 unspecified atom stereocenters. The molecule has 0 aliphatic carbocycles. The molecule has 0 saturated heterocycles. The summed E-state index contributed by atoms with van der Waals surface area (Å²) in [6.07, 6.45) is 1.24. The minimum absolute atomic E-state index is 0.0510. The van der Waals surface area contributed by atoms with Gasteiger partial charge < -0.3 is 29.0 Å². The minimum Gasteiger partial charge on any atom is -0.508 e. The number of nitrogens with zero attached hydrogens (tertiary/aromatic N) is 3. The summed E-state index contributed by atoms with van der Waals surface area (Å²) >= 11 is 12.9. The zero-order valence-corrected chi connectivity index (χ0v) is 26.7. The Balaban J connectivity index is 1.42. The van der Waals surface area contributed by atoms with E-state index in [0.29, 0.717) is 53.3 Å². The second kappa shape index (κ2) is 11.1. The molecule has 2 aromatic heterocycles. The maximum atomic E-state index is 14.5. The van der Waals surface area contributed by atoms with Gasteiger partial charge in [-0.2, -0.15) is 0 Å². The van der Waals surface area contributed by atoms with Crippen molar-refractivity contribution in [2.24, 2.45) is 7.05 Å². The van der Waals surface area contributed by atoms with Gasteiger partial charge in [-0.05, 0) is 87.1 Å². The van der Waals surface area contributed by atoms with Crippen molar-refractivity contribution in [3.8, 4) is 11.5 Å². The third kappa shape index (κ3) is 4.77. The van der Waals surface area contributed by atoms with Gasteiger partial charge in [0, 0.05) is 52.6 Å². The Kier molecular flexibility index (Phi) is 7.54.